The van der Waals surface area contributed by atoms with Crippen LogP contribution in [0.4, 0.5) is 5.95 Å². The van der Waals surface area contributed by atoms with Crippen molar-refractivity contribution in [2.45, 2.75) is 32.1 Å². The molecule has 192 valence electrons. The molecule has 13 heteroatoms. The average Bonchev–Trinajstić information content (AvgIpc) is 3.27. The molecule has 0 saturated heterocycles. The molecule has 2 atom stereocenters. The number of hydrogen-bond donors (Lipinski definition) is 2. The number of methoxy groups -OCH3 is 2. The minimum Gasteiger partial charge on any atom is -0.506 e. The maximum absolute atomic E-state index is 13.5. The minimum atomic E-state index is -4.16. The van der Waals surface area contributed by atoms with Crippen LogP contribution in [0.5, 0.6) is 11.5 Å². The van der Waals surface area contributed by atoms with E-state index in [4.69, 9.17) is 9.47 Å². The highest BCUT2D eigenvalue weighted by Crippen LogP contribution is 2.36. The number of nitrogens with one attached hydrogen (secondary N) is 1. The number of rotatable bonds is 9. The number of aliphatic imine (C=N–C) groups is 1. The smallest absolute Gasteiger partial charge is 0.243 e. The molecule has 0 fully saturated rings. The van der Waals surface area contributed by atoms with E-state index >= 15 is 0 Å². The Hall–Kier alpha value is -4.28. The van der Waals surface area contributed by atoms with Crippen LogP contribution in [-0.2, 0) is 14.8 Å². The van der Waals surface area contributed by atoms with Gasteiger partial charge in [-0.3, -0.25) is 9.29 Å². The summed E-state index contributed by atoms with van der Waals surface area (Å²) in [7, 11) is -1.36. The number of allylic oxidation sites excluding steroid dienone is 1. The van der Waals surface area contributed by atoms with E-state index in [1.54, 1.807) is 37.5 Å². The largest absolute Gasteiger partial charge is 0.506 e. The van der Waals surface area contributed by atoms with Crippen LogP contribution in [0.1, 0.15) is 37.2 Å². The normalized spacial score (nSPS) is 14.6. The van der Waals surface area contributed by atoms with Crippen molar-refractivity contribution >= 4 is 27.4 Å². The summed E-state index contributed by atoms with van der Waals surface area (Å²) in [4.78, 5) is 12.8. The van der Waals surface area contributed by atoms with E-state index in [9.17, 15) is 13.5 Å². The van der Waals surface area contributed by atoms with Gasteiger partial charge in [0.2, 0.25) is 16.0 Å². The van der Waals surface area contributed by atoms with Gasteiger partial charge in [0.05, 0.1) is 7.11 Å². The van der Waals surface area contributed by atoms with E-state index in [-0.39, 0.29) is 40.5 Å². The van der Waals surface area contributed by atoms with Crippen LogP contribution in [0.15, 0.2) is 53.1 Å². The Bertz CT molecular complexity index is 1570. The van der Waals surface area contributed by atoms with Crippen LogP contribution < -0.4 is 9.46 Å². The summed E-state index contributed by atoms with van der Waals surface area (Å²) in [6, 6.07) is 4.62. The Morgan fingerprint density at radius 3 is 2.51 bits per heavy atom. The molecule has 0 amide bonds. The summed E-state index contributed by atoms with van der Waals surface area (Å²) in [5, 5.41) is 17.8. The lowest BCUT2D eigenvalue weighted by atomic mass is 10.2. The van der Waals surface area contributed by atoms with Crippen molar-refractivity contribution in [2.75, 3.05) is 18.9 Å². The molecule has 1 aliphatic heterocycles. The van der Waals surface area contributed by atoms with Gasteiger partial charge < -0.3 is 14.6 Å². The van der Waals surface area contributed by atoms with Crippen LogP contribution in [0.2, 0.25) is 0 Å². The standard InChI is InChI=1S/C24H25N7O5S/c1-14-12-25-22(26-13-14)21(36-5)16(3)37(33,34)30-24-29-28-23(17-9-6-8-15(2)27-17)31(24)20-18(32)10-7-11-19(20)35-4/h7-8,10-13,16,21,32H,1-5H3,(H,29,30)/t16-,21-/m0/s1. The zero-order valence-corrected chi connectivity index (χ0v) is 21.6. The van der Waals surface area contributed by atoms with E-state index < -0.39 is 21.4 Å². The zero-order chi connectivity index (χ0) is 26.7. The van der Waals surface area contributed by atoms with Gasteiger partial charge in [0.25, 0.3) is 0 Å². The number of phenols is 1. The number of aromatic nitrogens is 5. The van der Waals surface area contributed by atoms with Crippen molar-refractivity contribution in [3.05, 3.63) is 65.3 Å². The van der Waals surface area contributed by atoms with Gasteiger partial charge in [-0.2, -0.15) is 0 Å². The van der Waals surface area contributed by atoms with Crippen LogP contribution >= 0.6 is 0 Å². The number of para-hydroxylation sites is 1. The second-order valence-corrected chi connectivity index (χ2v) is 10.2. The van der Waals surface area contributed by atoms with Crippen LogP contribution in [0.3, 0.4) is 0 Å². The molecule has 0 bridgehead atoms. The Balaban J connectivity index is 1.83. The van der Waals surface area contributed by atoms with Crippen LogP contribution in [0, 0.1) is 6.92 Å². The van der Waals surface area contributed by atoms with Crippen molar-refractivity contribution in [1.29, 1.82) is 0 Å². The Morgan fingerprint density at radius 2 is 1.86 bits per heavy atom. The van der Waals surface area contributed by atoms with Gasteiger partial charge >= 0.3 is 0 Å². The third-order valence-electron chi connectivity index (χ3n) is 5.51. The lowest BCUT2D eigenvalue weighted by Crippen LogP contribution is -2.33. The second-order valence-electron chi connectivity index (χ2n) is 8.15. The molecule has 1 aromatic carbocycles. The first kappa shape index (κ1) is 25.8. The van der Waals surface area contributed by atoms with Gasteiger partial charge in [0, 0.05) is 31.3 Å². The summed E-state index contributed by atoms with van der Waals surface area (Å²) in [6.45, 7) is 5.05. The minimum absolute atomic E-state index is 0.107. The van der Waals surface area contributed by atoms with Crippen molar-refractivity contribution in [3.8, 4) is 17.2 Å². The number of aryl methyl sites for hydroxylation is 1. The second kappa shape index (κ2) is 10.4. The number of anilines is 1. The Labute approximate surface area is 213 Å². The van der Waals surface area contributed by atoms with Gasteiger partial charge in [-0.25, -0.2) is 23.4 Å². The molecule has 0 aliphatic carbocycles. The molecule has 3 heterocycles. The first-order valence-corrected chi connectivity index (χ1v) is 12.6. The fourth-order valence-corrected chi connectivity index (χ4v) is 4.74. The summed E-state index contributed by atoms with van der Waals surface area (Å²) in [5.41, 5.74) is 7.48. The quantitative estimate of drug-likeness (QED) is 0.403. The van der Waals surface area contributed by atoms with E-state index in [2.05, 4.69) is 41.3 Å². The summed E-state index contributed by atoms with van der Waals surface area (Å²) in [6.07, 6.45) is 3.82. The topological polar surface area (TPSA) is 154 Å². The zero-order valence-electron chi connectivity index (χ0n) is 20.8. The van der Waals surface area contributed by atoms with Gasteiger partial charge in [-0.05, 0) is 44.2 Å². The number of ether oxygens (including phenoxy) is 2. The highest BCUT2D eigenvalue weighted by molar-refractivity contribution is 7.93. The Kier molecular flexibility index (Phi) is 7.23. The van der Waals surface area contributed by atoms with Crippen molar-refractivity contribution in [3.63, 3.8) is 0 Å². The molecule has 3 aromatic rings. The fraction of sp³-hybridized carbons (Fsp3) is 0.292. The molecule has 0 saturated carbocycles. The maximum Gasteiger partial charge on any atom is 0.243 e. The molecular weight excluding hydrogens is 498 g/mol. The highest BCUT2D eigenvalue weighted by atomic mass is 32.2. The van der Waals surface area contributed by atoms with Crippen LogP contribution in [-0.4, -0.2) is 63.4 Å². The van der Waals surface area contributed by atoms with Crippen LogP contribution in [0.25, 0.3) is 11.4 Å². The van der Waals surface area contributed by atoms with E-state index in [0.717, 1.165) is 5.56 Å². The SMILES string of the molecule is COc1cccc(O)c1-n1c(NS(=O)(=O)[C@@H](C)[C@H](OC)c2ncc(C)cn2)nnc1C1=C=C=CC(C)=N1. The molecule has 0 unspecified atom stereocenters. The third kappa shape index (κ3) is 5.16. The summed E-state index contributed by atoms with van der Waals surface area (Å²) < 4.78 is 41.7. The fourth-order valence-electron chi connectivity index (χ4n) is 3.61. The number of nitrogens with zero attached hydrogens (tertiary/aromatic N) is 6. The molecule has 0 spiro atoms. The van der Waals surface area contributed by atoms with Gasteiger partial charge in [-0.1, -0.05) is 11.8 Å². The summed E-state index contributed by atoms with van der Waals surface area (Å²) in [5.74, 6) is 0.153. The molecule has 37 heavy (non-hydrogen) atoms. The van der Waals surface area contributed by atoms with Gasteiger partial charge in [0.1, 0.15) is 28.5 Å². The molecule has 1 aliphatic rings. The first-order chi connectivity index (χ1) is 17.7. The van der Waals surface area contributed by atoms with E-state index in [1.165, 1.54) is 31.8 Å². The third-order valence-corrected chi connectivity index (χ3v) is 7.21. The molecule has 4 rings (SSSR count). The molecule has 2 N–H and O–H groups in total. The monoisotopic (exact) mass is 523 g/mol. The number of sulfonamides is 1. The van der Waals surface area contributed by atoms with Gasteiger partial charge in [0.15, 0.2) is 17.3 Å². The predicted molar refractivity (Wildman–Crippen MR) is 136 cm³/mol. The van der Waals surface area contributed by atoms with Gasteiger partial charge in [-0.15, -0.1) is 10.2 Å². The van der Waals surface area contributed by atoms with E-state index in [0.29, 0.717) is 5.71 Å². The number of phenolic OH excluding ortho intramolecular Hbond substituents is 1. The lowest BCUT2D eigenvalue weighted by molar-refractivity contribution is 0.0949. The predicted octanol–water partition coefficient (Wildman–Crippen LogP) is 2.72. The molecule has 0 radical (unpaired) electrons. The summed E-state index contributed by atoms with van der Waals surface area (Å²) >= 11 is 0. The maximum atomic E-state index is 13.5. The number of hydrogen-bond acceptors (Lipinski definition) is 10. The number of benzene rings is 1. The first-order valence-electron chi connectivity index (χ1n) is 11.1. The lowest BCUT2D eigenvalue weighted by Gasteiger charge is -2.22. The average molecular weight is 524 g/mol. The molecular formula is C24H25N7O5S. The van der Waals surface area contributed by atoms with Crippen molar-refractivity contribution in [1.82, 2.24) is 24.7 Å². The molecule has 2 aromatic heterocycles. The highest BCUT2D eigenvalue weighted by Gasteiger charge is 2.35. The Morgan fingerprint density at radius 1 is 1.14 bits per heavy atom. The van der Waals surface area contributed by atoms with E-state index in [1.807, 2.05) is 6.92 Å². The number of aromatic hydroxyl groups is 1. The van der Waals surface area contributed by atoms with Crippen molar-refractivity contribution in [2.24, 2.45) is 4.99 Å². The molecule has 12 nitrogen and oxygen atoms in total. The van der Waals surface area contributed by atoms with Crippen molar-refractivity contribution < 1.29 is 23.0 Å².